The van der Waals surface area contributed by atoms with Crippen LogP contribution in [0, 0.1) is 5.41 Å². The summed E-state index contributed by atoms with van der Waals surface area (Å²) in [4.78, 5) is 10.8. The third kappa shape index (κ3) is 4.57. The van der Waals surface area contributed by atoms with Gasteiger partial charge in [-0.25, -0.2) is 4.79 Å². The Hall–Kier alpha value is -1.35. The van der Waals surface area contributed by atoms with Crippen molar-refractivity contribution in [2.45, 2.75) is 33.7 Å². The molecule has 0 unspecified atom stereocenters. The van der Waals surface area contributed by atoms with Crippen LogP contribution in [0.3, 0.4) is 0 Å². The van der Waals surface area contributed by atoms with Crippen molar-refractivity contribution in [3.63, 3.8) is 0 Å². The summed E-state index contributed by atoms with van der Waals surface area (Å²) in [5.74, 6) is -0.874. The van der Waals surface area contributed by atoms with Gasteiger partial charge in [-0.3, -0.25) is 0 Å². The van der Waals surface area contributed by atoms with E-state index in [4.69, 9.17) is 5.11 Å². The van der Waals surface area contributed by atoms with Crippen LogP contribution in [-0.2, 0) is 6.54 Å². The van der Waals surface area contributed by atoms with Crippen LogP contribution in [-0.4, -0.2) is 17.6 Å². The van der Waals surface area contributed by atoms with Crippen LogP contribution in [0.1, 0.15) is 43.1 Å². The lowest BCUT2D eigenvalue weighted by Gasteiger charge is -2.23. The van der Waals surface area contributed by atoms with Crippen LogP contribution in [0.4, 0.5) is 0 Å². The van der Waals surface area contributed by atoms with Gasteiger partial charge in [0, 0.05) is 13.1 Å². The first-order valence-corrected chi connectivity index (χ1v) is 5.97. The molecule has 17 heavy (non-hydrogen) atoms. The summed E-state index contributed by atoms with van der Waals surface area (Å²) in [6.07, 6.45) is 1.12. The van der Waals surface area contributed by atoms with E-state index in [-0.39, 0.29) is 5.41 Å². The van der Waals surface area contributed by atoms with E-state index < -0.39 is 5.97 Å². The van der Waals surface area contributed by atoms with Gasteiger partial charge in [-0.15, -0.1) is 0 Å². The van der Waals surface area contributed by atoms with Crippen molar-refractivity contribution in [1.29, 1.82) is 0 Å². The zero-order chi connectivity index (χ0) is 12.9. The third-order valence-electron chi connectivity index (χ3n) is 3.06. The Bertz CT molecular complexity index is 386. The molecule has 0 radical (unpaired) electrons. The van der Waals surface area contributed by atoms with E-state index in [1.807, 2.05) is 6.07 Å². The van der Waals surface area contributed by atoms with Gasteiger partial charge in [0.15, 0.2) is 0 Å². The van der Waals surface area contributed by atoms with Crippen LogP contribution in [0.25, 0.3) is 0 Å². The van der Waals surface area contributed by atoms with Gasteiger partial charge < -0.3 is 10.4 Å². The number of carboxylic acids is 1. The zero-order valence-corrected chi connectivity index (χ0v) is 10.8. The van der Waals surface area contributed by atoms with Gasteiger partial charge in [-0.2, -0.15) is 0 Å². The minimum absolute atomic E-state index is 0.282. The van der Waals surface area contributed by atoms with E-state index in [0.717, 1.165) is 18.5 Å². The summed E-state index contributed by atoms with van der Waals surface area (Å²) in [5.41, 5.74) is 1.64. The third-order valence-corrected chi connectivity index (χ3v) is 3.06. The van der Waals surface area contributed by atoms with Crippen LogP contribution >= 0.6 is 0 Å². The predicted octanol–water partition coefficient (Wildman–Crippen LogP) is 2.91. The Morgan fingerprint density at radius 2 is 2.12 bits per heavy atom. The van der Waals surface area contributed by atoms with E-state index in [2.05, 4.69) is 26.1 Å². The van der Waals surface area contributed by atoms with Crippen molar-refractivity contribution >= 4 is 5.97 Å². The summed E-state index contributed by atoms with van der Waals surface area (Å²) < 4.78 is 0. The molecular weight excluding hydrogens is 214 g/mol. The maximum absolute atomic E-state index is 10.8. The molecule has 94 valence electrons. The molecule has 3 heteroatoms. The average molecular weight is 235 g/mol. The molecule has 0 saturated heterocycles. The lowest BCUT2D eigenvalue weighted by atomic mass is 9.90. The van der Waals surface area contributed by atoms with Crippen molar-refractivity contribution in [2.75, 3.05) is 6.54 Å². The Morgan fingerprint density at radius 3 is 2.71 bits per heavy atom. The molecule has 1 aromatic rings. The molecule has 3 nitrogen and oxygen atoms in total. The molecule has 0 atom stereocenters. The van der Waals surface area contributed by atoms with Gasteiger partial charge in [0.05, 0.1) is 5.56 Å². The van der Waals surface area contributed by atoms with Crippen LogP contribution in [0.15, 0.2) is 24.3 Å². The number of carboxylic acid groups (broad SMARTS) is 1. The summed E-state index contributed by atoms with van der Waals surface area (Å²) in [6.45, 7) is 8.25. The van der Waals surface area contributed by atoms with Crippen molar-refractivity contribution < 1.29 is 9.90 Å². The molecule has 0 aromatic heterocycles. The van der Waals surface area contributed by atoms with Gasteiger partial charge in [0.2, 0.25) is 0 Å². The normalized spacial score (nSPS) is 11.5. The molecule has 0 aliphatic rings. The van der Waals surface area contributed by atoms with Crippen molar-refractivity contribution in [1.82, 2.24) is 5.32 Å². The fraction of sp³-hybridized carbons (Fsp3) is 0.500. The van der Waals surface area contributed by atoms with Crippen molar-refractivity contribution in [3.05, 3.63) is 35.4 Å². The highest BCUT2D eigenvalue weighted by Gasteiger charge is 2.13. The molecule has 0 heterocycles. The smallest absolute Gasteiger partial charge is 0.335 e. The number of nitrogens with one attached hydrogen (secondary N) is 1. The van der Waals surface area contributed by atoms with E-state index >= 15 is 0 Å². The fourth-order valence-electron chi connectivity index (χ4n) is 1.48. The van der Waals surface area contributed by atoms with E-state index in [0.29, 0.717) is 12.1 Å². The Labute approximate surface area is 103 Å². The number of rotatable bonds is 6. The second-order valence-corrected chi connectivity index (χ2v) is 5.13. The quantitative estimate of drug-likeness (QED) is 0.797. The van der Waals surface area contributed by atoms with Gasteiger partial charge in [-0.1, -0.05) is 32.9 Å². The SMILES string of the molecule is CCC(C)(C)CNCc1cccc(C(=O)O)c1. The number of hydrogen-bond donors (Lipinski definition) is 2. The molecule has 0 aliphatic heterocycles. The van der Waals surface area contributed by atoms with Crippen LogP contribution in [0.5, 0.6) is 0 Å². The van der Waals surface area contributed by atoms with Crippen molar-refractivity contribution in [3.8, 4) is 0 Å². The number of aromatic carboxylic acids is 1. The maximum atomic E-state index is 10.8. The minimum atomic E-state index is -0.874. The number of benzene rings is 1. The van der Waals surface area contributed by atoms with E-state index in [1.54, 1.807) is 18.2 Å². The molecule has 0 amide bonds. The summed E-state index contributed by atoms with van der Waals surface area (Å²) in [5, 5.41) is 12.2. The lowest BCUT2D eigenvalue weighted by Crippen LogP contribution is -2.28. The first-order chi connectivity index (χ1) is 7.94. The first kappa shape index (κ1) is 13.7. The van der Waals surface area contributed by atoms with Crippen LogP contribution in [0.2, 0.25) is 0 Å². The highest BCUT2D eigenvalue weighted by Crippen LogP contribution is 2.17. The standard InChI is InChI=1S/C14H21NO2/c1-4-14(2,3)10-15-9-11-6-5-7-12(8-11)13(16)17/h5-8,15H,4,9-10H2,1-3H3,(H,16,17). The Balaban J connectivity index is 2.52. The van der Waals surface area contributed by atoms with Gasteiger partial charge in [0.1, 0.15) is 0 Å². The summed E-state index contributed by atoms with van der Waals surface area (Å²) >= 11 is 0. The van der Waals surface area contributed by atoms with Gasteiger partial charge in [0.25, 0.3) is 0 Å². The highest BCUT2D eigenvalue weighted by atomic mass is 16.4. The predicted molar refractivity (Wildman–Crippen MR) is 69.2 cm³/mol. The van der Waals surface area contributed by atoms with E-state index in [1.165, 1.54) is 0 Å². The molecular formula is C14H21NO2. The summed E-state index contributed by atoms with van der Waals surface area (Å²) in [7, 11) is 0. The molecule has 0 aliphatic carbocycles. The molecule has 1 aromatic carbocycles. The number of carbonyl (C=O) groups is 1. The molecule has 0 spiro atoms. The first-order valence-electron chi connectivity index (χ1n) is 5.97. The Morgan fingerprint density at radius 1 is 1.41 bits per heavy atom. The molecule has 0 fully saturated rings. The van der Waals surface area contributed by atoms with Gasteiger partial charge >= 0.3 is 5.97 Å². The Kier molecular flexibility index (Phi) is 4.70. The fourth-order valence-corrected chi connectivity index (χ4v) is 1.48. The van der Waals surface area contributed by atoms with Crippen LogP contribution < -0.4 is 5.32 Å². The molecule has 0 saturated carbocycles. The van der Waals surface area contributed by atoms with E-state index in [9.17, 15) is 4.79 Å². The lowest BCUT2D eigenvalue weighted by molar-refractivity contribution is 0.0696. The topological polar surface area (TPSA) is 49.3 Å². The largest absolute Gasteiger partial charge is 0.478 e. The monoisotopic (exact) mass is 235 g/mol. The minimum Gasteiger partial charge on any atom is -0.478 e. The average Bonchev–Trinajstić information content (AvgIpc) is 2.29. The molecule has 2 N–H and O–H groups in total. The maximum Gasteiger partial charge on any atom is 0.335 e. The zero-order valence-electron chi connectivity index (χ0n) is 10.8. The highest BCUT2D eigenvalue weighted by molar-refractivity contribution is 5.87. The second-order valence-electron chi connectivity index (χ2n) is 5.13. The second kappa shape index (κ2) is 5.82. The summed E-state index contributed by atoms with van der Waals surface area (Å²) in [6, 6.07) is 7.06. The molecule has 1 rings (SSSR count). The van der Waals surface area contributed by atoms with Crippen molar-refractivity contribution in [2.24, 2.45) is 5.41 Å². The molecule has 0 bridgehead atoms. The van der Waals surface area contributed by atoms with Gasteiger partial charge in [-0.05, 0) is 29.5 Å². The number of hydrogen-bond acceptors (Lipinski definition) is 2.